The highest BCUT2D eigenvalue weighted by molar-refractivity contribution is 5.05. The zero-order valence-electron chi connectivity index (χ0n) is 8.96. The van der Waals surface area contributed by atoms with E-state index in [0.29, 0.717) is 6.54 Å². The predicted octanol–water partition coefficient (Wildman–Crippen LogP) is 2.30. The minimum absolute atomic E-state index is 0.629. The minimum atomic E-state index is 0.629. The molecule has 14 heavy (non-hydrogen) atoms. The first-order chi connectivity index (χ1) is 6.86. The maximum atomic E-state index is 5.42. The van der Waals surface area contributed by atoms with Crippen LogP contribution in [0.1, 0.15) is 44.1 Å². The molecule has 0 atom stereocenters. The Balaban J connectivity index is 2.22. The van der Waals surface area contributed by atoms with Crippen LogP contribution in [-0.4, -0.2) is 11.7 Å². The van der Waals surface area contributed by atoms with Gasteiger partial charge in [-0.3, -0.25) is 0 Å². The van der Waals surface area contributed by atoms with Gasteiger partial charge in [0, 0.05) is 12.5 Å². The molecule has 1 aromatic heterocycles. The molecular weight excluding hydrogens is 176 g/mol. The maximum absolute atomic E-state index is 5.42. The van der Waals surface area contributed by atoms with Gasteiger partial charge >= 0.3 is 0 Å². The number of aryl methyl sites for hydroxylation is 1. The number of nitrogens with two attached hydrogens (primary N) is 1. The van der Waals surface area contributed by atoms with Gasteiger partial charge in [0.2, 0.25) is 0 Å². The molecule has 1 aromatic rings. The first-order valence-corrected chi connectivity index (χ1v) is 5.51. The van der Waals surface area contributed by atoms with Gasteiger partial charge in [-0.15, -0.1) is 0 Å². The second kappa shape index (κ2) is 6.60. The molecular formula is C11H20N2O. The highest BCUT2D eigenvalue weighted by Gasteiger charge is 2.02. The Bertz CT molecular complexity index is 245. The van der Waals surface area contributed by atoms with E-state index in [9.17, 15) is 0 Å². The van der Waals surface area contributed by atoms with Crippen molar-refractivity contribution in [3.63, 3.8) is 0 Å². The van der Waals surface area contributed by atoms with E-state index >= 15 is 0 Å². The van der Waals surface area contributed by atoms with Crippen molar-refractivity contribution in [1.82, 2.24) is 5.16 Å². The zero-order valence-corrected chi connectivity index (χ0v) is 8.96. The number of unbranched alkanes of at least 4 members (excludes halogenated alkanes) is 3. The van der Waals surface area contributed by atoms with E-state index in [1.165, 1.54) is 25.7 Å². The first kappa shape index (κ1) is 11.2. The fourth-order valence-electron chi connectivity index (χ4n) is 1.47. The summed E-state index contributed by atoms with van der Waals surface area (Å²) in [6.45, 7) is 2.85. The fourth-order valence-corrected chi connectivity index (χ4v) is 1.47. The van der Waals surface area contributed by atoms with Crippen molar-refractivity contribution in [1.29, 1.82) is 0 Å². The van der Waals surface area contributed by atoms with Gasteiger partial charge in [-0.1, -0.05) is 31.3 Å². The second-order valence-electron chi connectivity index (χ2n) is 3.63. The summed E-state index contributed by atoms with van der Waals surface area (Å²) < 4.78 is 5.13. The van der Waals surface area contributed by atoms with Crippen molar-refractivity contribution in [3.8, 4) is 0 Å². The summed E-state index contributed by atoms with van der Waals surface area (Å²) in [4.78, 5) is 0. The number of hydrogen-bond acceptors (Lipinski definition) is 3. The van der Waals surface area contributed by atoms with Gasteiger partial charge in [-0.25, -0.2) is 0 Å². The van der Waals surface area contributed by atoms with Gasteiger partial charge < -0.3 is 10.3 Å². The summed E-state index contributed by atoms with van der Waals surface area (Å²) in [6.07, 6.45) is 6.92. The minimum Gasteiger partial charge on any atom is -0.361 e. The smallest absolute Gasteiger partial charge is 0.138 e. The molecule has 0 bridgehead atoms. The highest BCUT2D eigenvalue weighted by Crippen LogP contribution is 2.09. The van der Waals surface area contributed by atoms with Crippen LogP contribution in [0.4, 0.5) is 0 Å². The van der Waals surface area contributed by atoms with E-state index in [2.05, 4.69) is 12.1 Å². The molecule has 0 radical (unpaired) electrons. The average molecular weight is 196 g/mol. The average Bonchev–Trinajstić information content (AvgIpc) is 2.61. The van der Waals surface area contributed by atoms with Crippen molar-refractivity contribution in [2.75, 3.05) is 6.54 Å². The number of nitrogens with zero attached hydrogens (tertiary/aromatic N) is 1. The molecule has 0 unspecified atom stereocenters. The van der Waals surface area contributed by atoms with Crippen molar-refractivity contribution in [2.45, 2.75) is 45.4 Å². The van der Waals surface area contributed by atoms with E-state index in [0.717, 1.165) is 24.3 Å². The lowest BCUT2D eigenvalue weighted by atomic mass is 10.1. The van der Waals surface area contributed by atoms with Crippen LogP contribution in [0.3, 0.4) is 0 Å². The van der Waals surface area contributed by atoms with Crippen LogP contribution in [0.5, 0.6) is 0 Å². The van der Waals surface area contributed by atoms with Gasteiger partial charge in [0.25, 0.3) is 0 Å². The fraction of sp³-hybridized carbons (Fsp3) is 0.727. The molecule has 1 heterocycles. The number of rotatable bonds is 7. The largest absolute Gasteiger partial charge is 0.361 e. The van der Waals surface area contributed by atoms with Gasteiger partial charge in [0.05, 0.1) is 5.69 Å². The SMILES string of the molecule is CCCCCCc1cc(CCN)on1. The third-order valence-electron chi connectivity index (χ3n) is 2.28. The molecule has 0 aliphatic rings. The standard InChI is InChI=1S/C11H20N2O/c1-2-3-4-5-6-10-9-11(7-8-12)14-13-10/h9H,2-8,12H2,1H3. The van der Waals surface area contributed by atoms with Gasteiger partial charge in [-0.2, -0.15) is 0 Å². The summed E-state index contributed by atoms with van der Waals surface area (Å²) in [7, 11) is 0. The third kappa shape index (κ3) is 3.92. The van der Waals surface area contributed by atoms with Crippen molar-refractivity contribution >= 4 is 0 Å². The topological polar surface area (TPSA) is 52.0 Å². The summed E-state index contributed by atoms with van der Waals surface area (Å²) in [5, 5.41) is 4.00. The summed E-state index contributed by atoms with van der Waals surface area (Å²) in [6, 6.07) is 2.03. The van der Waals surface area contributed by atoms with Crippen LogP contribution < -0.4 is 5.73 Å². The van der Waals surface area contributed by atoms with Crippen LogP contribution in [0.25, 0.3) is 0 Å². The third-order valence-corrected chi connectivity index (χ3v) is 2.28. The molecule has 2 N–H and O–H groups in total. The normalized spacial score (nSPS) is 10.7. The molecule has 0 saturated heterocycles. The lowest BCUT2D eigenvalue weighted by Crippen LogP contribution is -2.01. The molecule has 0 aliphatic carbocycles. The van der Waals surface area contributed by atoms with E-state index in [-0.39, 0.29) is 0 Å². The lowest BCUT2D eigenvalue weighted by Gasteiger charge is -1.94. The Kier molecular flexibility index (Phi) is 5.30. The molecule has 0 aliphatic heterocycles. The highest BCUT2D eigenvalue weighted by atomic mass is 16.5. The molecule has 0 aromatic carbocycles. The Hall–Kier alpha value is -0.830. The molecule has 3 nitrogen and oxygen atoms in total. The molecule has 0 amide bonds. The van der Waals surface area contributed by atoms with Gasteiger partial charge in [-0.05, 0) is 19.4 Å². The molecule has 1 rings (SSSR count). The van der Waals surface area contributed by atoms with Gasteiger partial charge in [0.15, 0.2) is 0 Å². The quantitative estimate of drug-likeness (QED) is 0.681. The van der Waals surface area contributed by atoms with Gasteiger partial charge in [0.1, 0.15) is 5.76 Å². The molecule has 80 valence electrons. The summed E-state index contributed by atoms with van der Waals surface area (Å²) >= 11 is 0. The van der Waals surface area contributed by atoms with Crippen LogP contribution in [0.2, 0.25) is 0 Å². The predicted molar refractivity (Wildman–Crippen MR) is 57.1 cm³/mol. The maximum Gasteiger partial charge on any atom is 0.138 e. The summed E-state index contributed by atoms with van der Waals surface area (Å²) in [5.41, 5.74) is 6.50. The Morgan fingerprint density at radius 1 is 1.29 bits per heavy atom. The molecule has 3 heteroatoms. The summed E-state index contributed by atoms with van der Waals surface area (Å²) in [5.74, 6) is 0.915. The molecule has 0 spiro atoms. The number of hydrogen-bond donors (Lipinski definition) is 1. The van der Waals surface area contributed by atoms with Crippen molar-refractivity contribution < 1.29 is 4.52 Å². The monoisotopic (exact) mass is 196 g/mol. The second-order valence-corrected chi connectivity index (χ2v) is 3.63. The Morgan fingerprint density at radius 3 is 2.86 bits per heavy atom. The van der Waals surface area contributed by atoms with Crippen LogP contribution >= 0.6 is 0 Å². The van der Waals surface area contributed by atoms with Crippen LogP contribution in [0.15, 0.2) is 10.6 Å². The number of aromatic nitrogens is 1. The first-order valence-electron chi connectivity index (χ1n) is 5.51. The molecule has 0 fully saturated rings. The Morgan fingerprint density at radius 2 is 2.14 bits per heavy atom. The van der Waals surface area contributed by atoms with Crippen molar-refractivity contribution in [2.24, 2.45) is 5.73 Å². The van der Waals surface area contributed by atoms with E-state index in [1.807, 2.05) is 6.07 Å². The van der Waals surface area contributed by atoms with E-state index in [1.54, 1.807) is 0 Å². The lowest BCUT2D eigenvalue weighted by molar-refractivity contribution is 0.377. The van der Waals surface area contributed by atoms with E-state index < -0.39 is 0 Å². The zero-order chi connectivity index (χ0) is 10.2. The van der Waals surface area contributed by atoms with Crippen LogP contribution in [0, 0.1) is 0 Å². The Labute approximate surface area is 85.7 Å². The van der Waals surface area contributed by atoms with Crippen molar-refractivity contribution in [3.05, 3.63) is 17.5 Å². The van der Waals surface area contributed by atoms with Crippen LogP contribution in [-0.2, 0) is 12.8 Å². The molecule has 0 saturated carbocycles. The van der Waals surface area contributed by atoms with E-state index in [4.69, 9.17) is 10.3 Å².